The first-order valence-electron chi connectivity index (χ1n) is 10.2. The number of carbonyl (C=O) groups is 2. The second-order valence-electron chi connectivity index (χ2n) is 8.73. The van der Waals surface area contributed by atoms with Crippen LogP contribution < -0.4 is 16.2 Å². The molecule has 2 amide bonds. The molecule has 180 valence electrons. The summed E-state index contributed by atoms with van der Waals surface area (Å²) in [6.07, 6.45) is -3.45. The van der Waals surface area contributed by atoms with Gasteiger partial charge in [-0.1, -0.05) is 44.5 Å². The van der Waals surface area contributed by atoms with Gasteiger partial charge in [-0.25, -0.2) is 4.68 Å². The highest BCUT2D eigenvalue weighted by atomic mass is 35.5. The van der Waals surface area contributed by atoms with Crippen molar-refractivity contribution in [2.24, 2.45) is 5.41 Å². The molecule has 3 aromatic rings. The van der Waals surface area contributed by atoms with Gasteiger partial charge in [0.1, 0.15) is 6.54 Å². The fourth-order valence-electron chi connectivity index (χ4n) is 3.04. The highest BCUT2D eigenvalue weighted by Gasteiger charge is 2.29. The summed E-state index contributed by atoms with van der Waals surface area (Å²) in [4.78, 5) is 37.4. The smallest absolute Gasteiger partial charge is 0.352 e. The zero-order valence-electron chi connectivity index (χ0n) is 18.6. The molecule has 1 aromatic heterocycles. The minimum absolute atomic E-state index is 0.0261. The Hall–Kier alpha value is -3.40. The topological polar surface area (TPSA) is 93.1 Å². The SMILES string of the molecule is CC(C)(C)C(=O)NCc1ccc(Cl)c(C(=O)Nc2ccc3cnn(CC(F)(F)F)c(=O)c3c2)c1. The molecule has 34 heavy (non-hydrogen) atoms. The molecule has 0 radical (unpaired) electrons. The minimum Gasteiger partial charge on any atom is -0.352 e. The lowest BCUT2D eigenvalue weighted by Crippen LogP contribution is -2.34. The third kappa shape index (κ3) is 6.13. The number of hydrogen-bond donors (Lipinski definition) is 2. The third-order valence-electron chi connectivity index (χ3n) is 4.85. The van der Waals surface area contributed by atoms with Crippen LogP contribution in [0, 0.1) is 5.41 Å². The number of rotatable bonds is 5. The molecule has 0 unspecified atom stereocenters. The minimum atomic E-state index is -4.61. The lowest BCUT2D eigenvalue weighted by Gasteiger charge is -2.18. The number of amides is 2. The van der Waals surface area contributed by atoms with Gasteiger partial charge in [0.2, 0.25) is 5.91 Å². The average Bonchev–Trinajstić information content (AvgIpc) is 2.73. The van der Waals surface area contributed by atoms with Crippen LogP contribution in [0.25, 0.3) is 10.8 Å². The molecular weight excluding hydrogens is 473 g/mol. The van der Waals surface area contributed by atoms with Crippen LogP contribution >= 0.6 is 11.6 Å². The molecule has 1 heterocycles. The molecule has 0 bridgehead atoms. The van der Waals surface area contributed by atoms with Crippen LogP contribution in [-0.2, 0) is 17.9 Å². The predicted molar refractivity (Wildman–Crippen MR) is 123 cm³/mol. The van der Waals surface area contributed by atoms with Gasteiger partial charge >= 0.3 is 6.18 Å². The van der Waals surface area contributed by atoms with Crippen molar-refractivity contribution in [1.82, 2.24) is 15.1 Å². The number of hydrogen-bond acceptors (Lipinski definition) is 4. The van der Waals surface area contributed by atoms with E-state index in [4.69, 9.17) is 11.6 Å². The van der Waals surface area contributed by atoms with E-state index >= 15 is 0 Å². The molecule has 0 aliphatic heterocycles. The Morgan fingerprint density at radius 1 is 1.09 bits per heavy atom. The van der Waals surface area contributed by atoms with Crippen molar-refractivity contribution in [3.63, 3.8) is 0 Å². The van der Waals surface area contributed by atoms with E-state index in [2.05, 4.69) is 15.7 Å². The van der Waals surface area contributed by atoms with Crippen LogP contribution in [0.15, 0.2) is 47.4 Å². The van der Waals surface area contributed by atoms with Crippen molar-refractivity contribution >= 4 is 39.9 Å². The highest BCUT2D eigenvalue weighted by Crippen LogP contribution is 2.22. The largest absolute Gasteiger partial charge is 0.408 e. The van der Waals surface area contributed by atoms with Gasteiger partial charge in [-0.15, -0.1) is 0 Å². The molecule has 0 saturated heterocycles. The summed E-state index contributed by atoms with van der Waals surface area (Å²) >= 11 is 6.18. The number of anilines is 1. The maximum Gasteiger partial charge on any atom is 0.408 e. The monoisotopic (exact) mass is 494 g/mol. The molecule has 0 saturated carbocycles. The van der Waals surface area contributed by atoms with Gasteiger partial charge in [0.25, 0.3) is 11.5 Å². The summed E-state index contributed by atoms with van der Waals surface area (Å²) in [5, 5.41) is 9.40. The van der Waals surface area contributed by atoms with Crippen molar-refractivity contribution in [1.29, 1.82) is 0 Å². The first kappa shape index (κ1) is 25.2. The Morgan fingerprint density at radius 3 is 2.44 bits per heavy atom. The molecule has 0 aliphatic carbocycles. The second kappa shape index (κ2) is 9.46. The van der Waals surface area contributed by atoms with Gasteiger partial charge < -0.3 is 10.6 Å². The number of nitrogens with zero attached hydrogens (tertiary/aromatic N) is 2. The Bertz CT molecular complexity index is 1310. The molecule has 2 aromatic carbocycles. The van der Waals surface area contributed by atoms with Gasteiger partial charge in [0.05, 0.1) is 22.2 Å². The first-order valence-corrected chi connectivity index (χ1v) is 10.6. The van der Waals surface area contributed by atoms with E-state index in [1.54, 1.807) is 26.8 Å². The van der Waals surface area contributed by atoms with Crippen molar-refractivity contribution in [3.05, 3.63) is 69.1 Å². The quantitative estimate of drug-likeness (QED) is 0.545. The molecule has 0 atom stereocenters. The number of nitrogens with one attached hydrogen (secondary N) is 2. The molecule has 0 aliphatic rings. The normalized spacial score (nSPS) is 12.0. The average molecular weight is 495 g/mol. The first-order chi connectivity index (χ1) is 15.7. The van der Waals surface area contributed by atoms with Crippen LogP contribution in [0.2, 0.25) is 5.02 Å². The maximum absolute atomic E-state index is 12.8. The van der Waals surface area contributed by atoms with Crippen molar-refractivity contribution < 1.29 is 22.8 Å². The summed E-state index contributed by atoms with van der Waals surface area (Å²) in [6, 6.07) is 8.98. The van der Waals surface area contributed by atoms with Crippen LogP contribution in [-0.4, -0.2) is 27.8 Å². The van der Waals surface area contributed by atoms with Crippen LogP contribution in [0.3, 0.4) is 0 Å². The van der Waals surface area contributed by atoms with Gasteiger partial charge in [0.15, 0.2) is 0 Å². The predicted octanol–water partition coefficient (Wildman–Crippen LogP) is 4.53. The Labute approximate surface area is 197 Å². The van der Waals surface area contributed by atoms with Gasteiger partial charge in [-0.2, -0.15) is 18.3 Å². The summed E-state index contributed by atoms with van der Waals surface area (Å²) in [5.74, 6) is -0.742. The van der Waals surface area contributed by atoms with Crippen LogP contribution in [0.1, 0.15) is 36.7 Å². The standard InChI is InChI=1S/C23H22ClF3N4O3/c1-22(2,3)21(34)28-10-13-4-7-18(24)17(8-13)19(32)30-15-6-5-14-11-29-31(12-23(25,26)27)20(33)16(14)9-15/h4-9,11H,10,12H2,1-3H3,(H,28,34)(H,30,32). The number of halogens is 4. The zero-order chi connectivity index (χ0) is 25.3. The Morgan fingerprint density at radius 2 is 1.79 bits per heavy atom. The fraction of sp³-hybridized carbons (Fsp3) is 0.304. The zero-order valence-corrected chi connectivity index (χ0v) is 19.3. The second-order valence-corrected chi connectivity index (χ2v) is 9.13. The Balaban J connectivity index is 1.83. The van der Waals surface area contributed by atoms with Crippen LogP contribution in [0.5, 0.6) is 0 Å². The third-order valence-corrected chi connectivity index (χ3v) is 5.18. The number of benzene rings is 2. The molecular formula is C23H22ClF3N4O3. The maximum atomic E-state index is 12.8. The van der Waals surface area contributed by atoms with E-state index in [-0.39, 0.29) is 34.1 Å². The van der Waals surface area contributed by atoms with Crippen molar-refractivity contribution in [3.8, 4) is 0 Å². The van der Waals surface area contributed by atoms with Crippen LogP contribution in [0.4, 0.5) is 18.9 Å². The summed E-state index contributed by atoms with van der Waals surface area (Å²) in [6.45, 7) is 4.00. The summed E-state index contributed by atoms with van der Waals surface area (Å²) < 4.78 is 38.4. The molecule has 3 rings (SSSR count). The molecule has 0 fully saturated rings. The van der Waals surface area contributed by atoms with Gasteiger partial charge in [0, 0.05) is 23.0 Å². The van der Waals surface area contributed by atoms with E-state index in [9.17, 15) is 27.6 Å². The fourth-order valence-corrected chi connectivity index (χ4v) is 3.24. The van der Waals surface area contributed by atoms with E-state index in [1.165, 1.54) is 30.3 Å². The van der Waals surface area contributed by atoms with E-state index < -0.39 is 29.6 Å². The molecule has 0 spiro atoms. The van der Waals surface area contributed by atoms with E-state index in [1.807, 2.05) is 0 Å². The number of alkyl halides is 3. The molecule has 7 nitrogen and oxygen atoms in total. The summed E-state index contributed by atoms with van der Waals surface area (Å²) in [5.41, 5.74) is -0.528. The van der Waals surface area contributed by atoms with E-state index in [0.717, 1.165) is 6.20 Å². The number of fused-ring (bicyclic) bond motifs is 1. The van der Waals surface area contributed by atoms with Crippen molar-refractivity contribution in [2.45, 2.75) is 40.0 Å². The highest BCUT2D eigenvalue weighted by molar-refractivity contribution is 6.34. The van der Waals surface area contributed by atoms with E-state index in [0.29, 0.717) is 15.6 Å². The summed E-state index contributed by atoms with van der Waals surface area (Å²) in [7, 11) is 0. The van der Waals surface area contributed by atoms with Gasteiger partial charge in [-0.3, -0.25) is 14.4 Å². The molecule has 11 heteroatoms. The Kier molecular flexibility index (Phi) is 7.02. The van der Waals surface area contributed by atoms with Gasteiger partial charge in [-0.05, 0) is 29.8 Å². The lowest BCUT2D eigenvalue weighted by molar-refractivity contribution is -0.143. The lowest BCUT2D eigenvalue weighted by atomic mass is 9.95. The number of carbonyl (C=O) groups excluding carboxylic acids is 2. The number of aromatic nitrogens is 2. The molecule has 2 N–H and O–H groups in total. The van der Waals surface area contributed by atoms with Crippen molar-refractivity contribution in [2.75, 3.05) is 5.32 Å².